The molecule has 2 rings (SSSR count). The molecule has 1 aromatic carbocycles. The zero-order valence-corrected chi connectivity index (χ0v) is 11.4. The second-order valence-corrected chi connectivity index (χ2v) is 4.96. The number of carbonyl (C=O) groups excluding carboxylic acids is 1. The van der Waals surface area contributed by atoms with Gasteiger partial charge in [-0.1, -0.05) is 30.9 Å². The number of hydrogen-bond donors (Lipinski definition) is 0. The summed E-state index contributed by atoms with van der Waals surface area (Å²) in [7, 11) is 3.05. The van der Waals surface area contributed by atoms with Crippen LogP contribution in [-0.2, 0) is 0 Å². The first-order valence-electron chi connectivity index (χ1n) is 6.11. The van der Waals surface area contributed by atoms with E-state index in [1.807, 2.05) is 0 Å². The van der Waals surface area contributed by atoms with Crippen molar-refractivity contribution in [3.63, 3.8) is 0 Å². The zero-order chi connectivity index (χ0) is 13.1. The van der Waals surface area contributed by atoms with Crippen LogP contribution < -0.4 is 9.47 Å². The largest absolute Gasteiger partial charge is 0.495 e. The van der Waals surface area contributed by atoms with Crippen molar-refractivity contribution in [1.82, 2.24) is 0 Å². The Morgan fingerprint density at radius 2 is 2.06 bits per heavy atom. The first-order chi connectivity index (χ1) is 8.67. The lowest BCUT2D eigenvalue weighted by Crippen LogP contribution is -2.16. The summed E-state index contributed by atoms with van der Waals surface area (Å²) in [6, 6.07) is 3.43. The van der Waals surface area contributed by atoms with E-state index in [-0.39, 0.29) is 5.78 Å². The molecule has 0 heterocycles. The van der Waals surface area contributed by atoms with Crippen LogP contribution in [-0.4, -0.2) is 20.0 Å². The number of halogens is 1. The van der Waals surface area contributed by atoms with Crippen LogP contribution in [0.2, 0.25) is 5.02 Å². The molecule has 0 radical (unpaired) electrons. The molecule has 0 atom stereocenters. The molecule has 0 bridgehead atoms. The van der Waals surface area contributed by atoms with Gasteiger partial charge < -0.3 is 9.47 Å². The van der Waals surface area contributed by atoms with Crippen molar-refractivity contribution in [2.24, 2.45) is 5.92 Å². The van der Waals surface area contributed by atoms with Gasteiger partial charge >= 0.3 is 0 Å². The van der Waals surface area contributed by atoms with Crippen molar-refractivity contribution in [2.45, 2.75) is 25.7 Å². The molecular weight excluding hydrogens is 252 g/mol. The molecule has 1 fully saturated rings. The van der Waals surface area contributed by atoms with Gasteiger partial charge in [-0.25, -0.2) is 0 Å². The molecule has 1 saturated carbocycles. The highest BCUT2D eigenvalue weighted by molar-refractivity contribution is 6.34. The van der Waals surface area contributed by atoms with E-state index < -0.39 is 0 Å². The number of carbonyl (C=O) groups is 1. The fraction of sp³-hybridized carbons (Fsp3) is 0.500. The van der Waals surface area contributed by atoms with Gasteiger partial charge in [-0.3, -0.25) is 4.79 Å². The summed E-state index contributed by atoms with van der Waals surface area (Å²) < 4.78 is 10.4. The van der Waals surface area contributed by atoms with Crippen molar-refractivity contribution in [3.05, 3.63) is 22.7 Å². The SMILES string of the molecule is COc1ccc(C(=O)CC2CCC2)c(OC)c1Cl. The third-order valence-electron chi connectivity index (χ3n) is 3.48. The van der Waals surface area contributed by atoms with E-state index in [0.29, 0.717) is 34.4 Å². The van der Waals surface area contributed by atoms with Crippen LogP contribution in [0.3, 0.4) is 0 Å². The molecule has 1 aromatic rings. The summed E-state index contributed by atoms with van der Waals surface area (Å²) in [5, 5.41) is 0.361. The second-order valence-electron chi connectivity index (χ2n) is 4.59. The lowest BCUT2D eigenvalue weighted by atomic mass is 9.81. The predicted molar refractivity (Wildman–Crippen MR) is 70.8 cm³/mol. The van der Waals surface area contributed by atoms with Crippen LogP contribution in [0.5, 0.6) is 11.5 Å². The minimum absolute atomic E-state index is 0.0982. The minimum Gasteiger partial charge on any atom is -0.495 e. The Bertz CT molecular complexity index is 453. The average Bonchev–Trinajstić information content (AvgIpc) is 2.33. The summed E-state index contributed by atoms with van der Waals surface area (Å²) >= 11 is 6.14. The first kappa shape index (κ1) is 13.2. The molecule has 3 nitrogen and oxygen atoms in total. The Morgan fingerprint density at radius 3 is 2.56 bits per heavy atom. The first-order valence-corrected chi connectivity index (χ1v) is 6.48. The van der Waals surface area contributed by atoms with Crippen LogP contribution in [0.25, 0.3) is 0 Å². The smallest absolute Gasteiger partial charge is 0.166 e. The van der Waals surface area contributed by atoms with Gasteiger partial charge in [0, 0.05) is 6.42 Å². The van der Waals surface area contributed by atoms with Crippen LogP contribution in [0.4, 0.5) is 0 Å². The third-order valence-corrected chi connectivity index (χ3v) is 3.84. The van der Waals surface area contributed by atoms with E-state index in [0.717, 1.165) is 12.8 Å². The fourth-order valence-corrected chi connectivity index (χ4v) is 2.50. The molecule has 0 unspecified atom stereocenters. The summed E-state index contributed by atoms with van der Waals surface area (Å²) in [6.07, 6.45) is 4.12. The fourth-order valence-electron chi connectivity index (χ4n) is 2.18. The van der Waals surface area contributed by atoms with Gasteiger partial charge in [-0.2, -0.15) is 0 Å². The number of ether oxygens (including phenoxy) is 2. The van der Waals surface area contributed by atoms with E-state index in [2.05, 4.69) is 0 Å². The quantitative estimate of drug-likeness (QED) is 0.764. The molecule has 1 aliphatic rings. The van der Waals surface area contributed by atoms with Crippen molar-refractivity contribution in [3.8, 4) is 11.5 Å². The molecule has 98 valence electrons. The van der Waals surface area contributed by atoms with E-state index in [4.69, 9.17) is 21.1 Å². The molecular formula is C14H17ClO3. The monoisotopic (exact) mass is 268 g/mol. The highest BCUT2D eigenvalue weighted by atomic mass is 35.5. The minimum atomic E-state index is 0.0982. The number of benzene rings is 1. The van der Waals surface area contributed by atoms with Gasteiger partial charge in [-0.15, -0.1) is 0 Å². The number of methoxy groups -OCH3 is 2. The number of Topliss-reactive ketones (excluding diaryl/α,β-unsaturated/α-hetero) is 1. The highest BCUT2D eigenvalue weighted by Gasteiger charge is 2.24. The second kappa shape index (κ2) is 5.61. The summed E-state index contributed by atoms with van der Waals surface area (Å²) in [4.78, 5) is 12.2. The maximum absolute atomic E-state index is 12.2. The molecule has 0 aromatic heterocycles. The Balaban J connectivity index is 2.25. The van der Waals surface area contributed by atoms with E-state index in [1.54, 1.807) is 12.1 Å². The average molecular weight is 269 g/mol. The normalized spacial score (nSPS) is 15.1. The van der Waals surface area contributed by atoms with E-state index in [9.17, 15) is 4.79 Å². The van der Waals surface area contributed by atoms with Crippen LogP contribution >= 0.6 is 11.6 Å². The topological polar surface area (TPSA) is 35.5 Å². The van der Waals surface area contributed by atoms with Crippen LogP contribution in [0.15, 0.2) is 12.1 Å². The van der Waals surface area contributed by atoms with Crippen LogP contribution in [0.1, 0.15) is 36.0 Å². The number of ketones is 1. The predicted octanol–water partition coefficient (Wildman–Crippen LogP) is 3.73. The van der Waals surface area contributed by atoms with Gasteiger partial charge in [0.2, 0.25) is 0 Å². The van der Waals surface area contributed by atoms with Crippen molar-refractivity contribution < 1.29 is 14.3 Å². The summed E-state index contributed by atoms with van der Waals surface area (Å²) in [5.41, 5.74) is 0.551. The molecule has 0 N–H and O–H groups in total. The number of rotatable bonds is 5. The standard InChI is InChI=1S/C14H17ClO3/c1-17-12-7-6-10(14(18-2)13(12)15)11(16)8-9-4-3-5-9/h6-7,9H,3-5,8H2,1-2H3. The summed E-state index contributed by atoms with van der Waals surface area (Å²) in [6.45, 7) is 0. The molecule has 18 heavy (non-hydrogen) atoms. The van der Waals surface area contributed by atoms with E-state index in [1.165, 1.54) is 20.6 Å². The number of hydrogen-bond acceptors (Lipinski definition) is 3. The maximum atomic E-state index is 12.2. The van der Waals surface area contributed by atoms with Crippen molar-refractivity contribution in [2.75, 3.05) is 14.2 Å². The maximum Gasteiger partial charge on any atom is 0.166 e. The molecule has 1 aliphatic carbocycles. The Hall–Kier alpha value is -1.22. The lowest BCUT2D eigenvalue weighted by molar-refractivity contribution is 0.0933. The molecule has 4 heteroatoms. The Morgan fingerprint density at radius 1 is 1.33 bits per heavy atom. The lowest BCUT2D eigenvalue weighted by Gasteiger charge is -2.24. The van der Waals surface area contributed by atoms with Gasteiger partial charge in [0.25, 0.3) is 0 Å². The third kappa shape index (κ3) is 2.46. The molecule has 0 saturated heterocycles. The van der Waals surface area contributed by atoms with Crippen LogP contribution in [0, 0.1) is 5.92 Å². The Labute approximate surface area is 112 Å². The van der Waals surface area contributed by atoms with Crippen molar-refractivity contribution >= 4 is 17.4 Å². The molecule has 0 amide bonds. The molecule has 0 spiro atoms. The van der Waals surface area contributed by atoms with Gasteiger partial charge in [-0.05, 0) is 18.1 Å². The Kier molecular flexibility index (Phi) is 4.12. The zero-order valence-electron chi connectivity index (χ0n) is 10.7. The highest BCUT2D eigenvalue weighted by Crippen LogP contribution is 2.38. The van der Waals surface area contributed by atoms with Crippen molar-refractivity contribution in [1.29, 1.82) is 0 Å². The van der Waals surface area contributed by atoms with Gasteiger partial charge in [0.15, 0.2) is 11.5 Å². The van der Waals surface area contributed by atoms with E-state index >= 15 is 0 Å². The van der Waals surface area contributed by atoms with Gasteiger partial charge in [0.05, 0.1) is 19.8 Å². The molecule has 0 aliphatic heterocycles. The summed E-state index contributed by atoms with van der Waals surface area (Å²) in [5.74, 6) is 1.57. The van der Waals surface area contributed by atoms with Gasteiger partial charge in [0.1, 0.15) is 10.8 Å².